The molecule has 0 aromatic carbocycles. The van der Waals surface area contributed by atoms with E-state index in [0.717, 1.165) is 19.3 Å². The number of hydrogen-bond acceptors (Lipinski definition) is 2. The van der Waals surface area contributed by atoms with E-state index in [4.69, 9.17) is 0 Å². The smallest absolute Gasteiger partial charge is 0.163 e. The minimum absolute atomic E-state index is 0.0550. The molecule has 1 N–H and O–H groups in total. The molecule has 0 radical (unpaired) electrons. The van der Waals surface area contributed by atoms with E-state index in [1.807, 2.05) is 0 Å². The van der Waals surface area contributed by atoms with Gasteiger partial charge in [0.1, 0.15) is 5.76 Å². The van der Waals surface area contributed by atoms with Gasteiger partial charge in [0.2, 0.25) is 0 Å². The highest BCUT2D eigenvalue weighted by Gasteiger charge is 2.09. The second-order valence-electron chi connectivity index (χ2n) is 2.69. The fourth-order valence-corrected chi connectivity index (χ4v) is 1.14. The van der Waals surface area contributed by atoms with Gasteiger partial charge in [-0.1, -0.05) is 6.08 Å². The lowest BCUT2D eigenvalue weighted by atomic mass is 10.1. The average molecular weight is 152 g/mol. The molecule has 0 atom stereocenters. The Balaban J connectivity index is 2.87. The molecule has 0 unspecified atom stereocenters. The summed E-state index contributed by atoms with van der Waals surface area (Å²) in [5.74, 6) is 0.0932. The molecular formula is C9H12O2. The van der Waals surface area contributed by atoms with Gasteiger partial charge >= 0.3 is 0 Å². The van der Waals surface area contributed by atoms with Crippen molar-refractivity contribution in [3.05, 3.63) is 23.5 Å². The Labute approximate surface area is 66.2 Å². The Hall–Kier alpha value is -1.05. The standard InChI is InChI=1S/C9H12O2/c1-7(10)8-5-3-2-4-6-9(8)11/h5-6,11H,2-4H2,1H3. The van der Waals surface area contributed by atoms with E-state index in [9.17, 15) is 9.90 Å². The van der Waals surface area contributed by atoms with E-state index in [1.165, 1.54) is 6.92 Å². The number of carbonyl (C=O) groups is 1. The first-order valence-corrected chi connectivity index (χ1v) is 3.82. The van der Waals surface area contributed by atoms with Gasteiger partial charge in [-0.15, -0.1) is 0 Å². The van der Waals surface area contributed by atoms with Gasteiger partial charge in [0.25, 0.3) is 0 Å². The molecule has 0 aliphatic heterocycles. The fourth-order valence-electron chi connectivity index (χ4n) is 1.14. The van der Waals surface area contributed by atoms with Crippen LogP contribution in [0.5, 0.6) is 0 Å². The van der Waals surface area contributed by atoms with Crippen molar-refractivity contribution in [3.8, 4) is 0 Å². The molecule has 2 nitrogen and oxygen atoms in total. The molecule has 0 fully saturated rings. The third-order valence-electron chi connectivity index (χ3n) is 1.75. The molecule has 0 saturated heterocycles. The maximum atomic E-state index is 10.9. The topological polar surface area (TPSA) is 37.3 Å². The average Bonchev–Trinajstić information content (AvgIpc) is 2.13. The fraction of sp³-hybridized carbons (Fsp3) is 0.444. The van der Waals surface area contributed by atoms with E-state index in [2.05, 4.69) is 0 Å². The van der Waals surface area contributed by atoms with Crippen molar-refractivity contribution in [2.45, 2.75) is 26.2 Å². The van der Waals surface area contributed by atoms with Gasteiger partial charge in [0.05, 0.1) is 5.57 Å². The van der Waals surface area contributed by atoms with E-state index < -0.39 is 0 Å². The van der Waals surface area contributed by atoms with Gasteiger partial charge in [-0.25, -0.2) is 0 Å². The van der Waals surface area contributed by atoms with Crippen molar-refractivity contribution in [2.24, 2.45) is 0 Å². The van der Waals surface area contributed by atoms with E-state index in [1.54, 1.807) is 12.2 Å². The number of hydrogen-bond donors (Lipinski definition) is 1. The van der Waals surface area contributed by atoms with Crippen LogP contribution in [0.3, 0.4) is 0 Å². The van der Waals surface area contributed by atoms with Gasteiger partial charge < -0.3 is 5.11 Å². The zero-order valence-corrected chi connectivity index (χ0v) is 6.63. The van der Waals surface area contributed by atoms with Crippen LogP contribution < -0.4 is 0 Å². The summed E-state index contributed by atoms with van der Waals surface area (Å²) >= 11 is 0. The van der Waals surface area contributed by atoms with Gasteiger partial charge in [-0.2, -0.15) is 0 Å². The highest BCUT2D eigenvalue weighted by atomic mass is 16.3. The summed E-state index contributed by atoms with van der Waals surface area (Å²) in [6, 6.07) is 0. The monoisotopic (exact) mass is 152 g/mol. The van der Waals surface area contributed by atoms with Crippen LogP contribution in [-0.4, -0.2) is 10.9 Å². The zero-order valence-electron chi connectivity index (χ0n) is 6.63. The molecule has 0 aromatic rings. The molecule has 0 spiro atoms. The molecule has 0 saturated carbocycles. The van der Waals surface area contributed by atoms with Crippen LogP contribution in [0.15, 0.2) is 23.5 Å². The highest BCUT2D eigenvalue weighted by Crippen LogP contribution is 2.16. The molecule has 1 aliphatic carbocycles. The quantitative estimate of drug-likeness (QED) is 0.625. The lowest BCUT2D eigenvalue weighted by Crippen LogP contribution is -1.98. The van der Waals surface area contributed by atoms with Gasteiger partial charge in [0, 0.05) is 0 Å². The van der Waals surface area contributed by atoms with Crippen molar-refractivity contribution in [1.82, 2.24) is 0 Å². The molecule has 0 bridgehead atoms. The zero-order chi connectivity index (χ0) is 8.27. The second kappa shape index (κ2) is 3.37. The number of aliphatic hydroxyl groups excluding tert-OH is 1. The number of carbonyl (C=O) groups excluding carboxylic acids is 1. The summed E-state index contributed by atoms with van der Waals surface area (Å²) in [7, 11) is 0. The van der Waals surface area contributed by atoms with E-state index in [-0.39, 0.29) is 11.5 Å². The molecule has 11 heavy (non-hydrogen) atoms. The van der Waals surface area contributed by atoms with Crippen LogP contribution in [0.1, 0.15) is 26.2 Å². The number of ketones is 1. The molecule has 0 aromatic heterocycles. The summed E-state index contributed by atoms with van der Waals surface area (Å²) in [5, 5.41) is 9.29. The summed E-state index contributed by atoms with van der Waals surface area (Å²) in [6.07, 6.45) is 6.27. The molecule has 60 valence electrons. The molecule has 0 amide bonds. The van der Waals surface area contributed by atoms with Crippen LogP contribution in [-0.2, 0) is 4.79 Å². The predicted molar refractivity (Wildman–Crippen MR) is 43.3 cm³/mol. The van der Waals surface area contributed by atoms with Crippen molar-refractivity contribution >= 4 is 5.78 Å². The summed E-state index contributed by atoms with van der Waals surface area (Å²) in [6.45, 7) is 1.47. The van der Waals surface area contributed by atoms with Crippen LogP contribution >= 0.6 is 0 Å². The number of aliphatic hydroxyl groups is 1. The van der Waals surface area contributed by atoms with E-state index >= 15 is 0 Å². The summed E-state index contributed by atoms with van der Waals surface area (Å²) < 4.78 is 0. The number of Topliss-reactive ketones (excluding diaryl/α,β-unsaturated/α-hetero) is 1. The Kier molecular flexibility index (Phi) is 2.47. The minimum atomic E-state index is -0.0550. The summed E-state index contributed by atoms with van der Waals surface area (Å²) in [4.78, 5) is 10.9. The Morgan fingerprint density at radius 3 is 2.73 bits per heavy atom. The third kappa shape index (κ3) is 1.93. The first kappa shape index (κ1) is 8.05. The summed E-state index contributed by atoms with van der Waals surface area (Å²) in [5.41, 5.74) is 0.475. The number of allylic oxidation sites excluding steroid dienone is 3. The third-order valence-corrected chi connectivity index (χ3v) is 1.75. The van der Waals surface area contributed by atoms with Crippen molar-refractivity contribution in [2.75, 3.05) is 0 Å². The van der Waals surface area contributed by atoms with Crippen molar-refractivity contribution in [3.63, 3.8) is 0 Å². The van der Waals surface area contributed by atoms with Crippen LogP contribution in [0.25, 0.3) is 0 Å². The largest absolute Gasteiger partial charge is 0.508 e. The first-order valence-electron chi connectivity index (χ1n) is 3.82. The molecule has 1 aliphatic rings. The second-order valence-corrected chi connectivity index (χ2v) is 2.69. The maximum Gasteiger partial charge on any atom is 0.163 e. The Morgan fingerprint density at radius 2 is 2.09 bits per heavy atom. The number of rotatable bonds is 1. The maximum absolute atomic E-state index is 10.9. The Morgan fingerprint density at radius 1 is 1.45 bits per heavy atom. The minimum Gasteiger partial charge on any atom is -0.508 e. The first-order chi connectivity index (χ1) is 5.22. The predicted octanol–water partition coefficient (Wildman–Crippen LogP) is 2.13. The Bertz CT molecular complexity index is 224. The van der Waals surface area contributed by atoms with Crippen LogP contribution in [0, 0.1) is 0 Å². The normalized spacial score (nSPS) is 18.3. The van der Waals surface area contributed by atoms with Crippen molar-refractivity contribution < 1.29 is 9.90 Å². The van der Waals surface area contributed by atoms with Gasteiger partial charge in [-0.05, 0) is 32.3 Å². The van der Waals surface area contributed by atoms with Gasteiger partial charge in [-0.3, -0.25) is 4.79 Å². The SMILES string of the molecule is CC(=O)C1=CCCCC=C1O. The van der Waals surface area contributed by atoms with E-state index in [0.29, 0.717) is 5.57 Å². The van der Waals surface area contributed by atoms with Crippen LogP contribution in [0.4, 0.5) is 0 Å². The molecule has 2 heteroatoms. The molecule has 0 heterocycles. The van der Waals surface area contributed by atoms with Gasteiger partial charge in [0.15, 0.2) is 5.78 Å². The molecular weight excluding hydrogens is 140 g/mol. The molecule has 1 rings (SSSR count). The lowest BCUT2D eigenvalue weighted by Gasteiger charge is -1.98. The van der Waals surface area contributed by atoms with Crippen LogP contribution in [0.2, 0.25) is 0 Å². The highest BCUT2D eigenvalue weighted by molar-refractivity contribution is 5.96. The lowest BCUT2D eigenvalue weighted by molar-refractivity contribution is -0.113. The van der Waals surface area contributed by atoms with Crippen molar-refractivity contribution in [1.29, 1.82) is 0 Å².